The van der Waals surface area contributed by atoms with Crippen LogP contribution in [0, 0.1) is 6.92 Å². The molecule has 0 saturated carbocycles. The highest BCUT2D eigenvalue weighted by molar-refractivity contribution is 7.14. The molecule has 1 aromatic heterocycles. The van der Waals surface area contributed by atoms with E-state index in [4.69, 9.17) is 0 Å². The van der Waals surface area contributed by atoms with Gasteiger partial charge in [0, 0.05) is 4.88 Å². The standard InChI is InChI=1S/C13H21NOS/c1-4-5-6-9-14(3)10-12(15)13-8-7-11(2)16-13/h7-8H,4-6,9-10H2,1-3H3. The first kappa shape index (κ1) is 13.4. The Kier molecular flexibility index (Phi) is 5.71. The molecule has 0 atom stereocenters. The van der Waals surface area contributed by atoms with Crippen LogP contribution in [0.4, 0.5) is 0 Å². The predicted octanol–water partition coefficient (Wildman–Crippen LogP) is 3.36. The fourth-order valence-corrected chi connectivity index (χ4v) is 2.42. The molecule has 0 saturated heterocycles. The molecule has 2 nitrogen and oxygen atoms in total. The first-order chi connectivity index (χ1) is 7.63. The second-order valence-corrected chi connectivity index (χ2v) is 5.57. The van der Waals surface area contributed by atoms with Gasteiger partial charge in [0.05, 0.1) is 11.4 Å². The van der Waals surface area contributed by atoms with E-state index in [2.05, 4.69) is 11.8 Å². The van der Waals surface area contributed by atoms with Crippen LogP contribution in [0.3, 0.4) is 0 Å². The first-order valence-corrected chi connectivity index (χ1v) is 6.73. The van der Waals surface area contributed by atoms with E-state index < -0.39 is 0 Å². The lowest BCUT2D eigenvalue weighted by Crippen LogP contribution is -2.26. The topological polar surface area (TPSA) is 20.3 Å². The Bertz CT molecular complexity index is 332. The minimum atomic E-state index is 0.247. The maximum absolute atomic E-state index is 11.9. The smallest absolute Gasteiger partial charge is 0.186 e. The third-order valence-electron chi connectivity index (χ3n) is 2.57. The highest BCUT2D eigenvalue weighted by Crippen LogP contribution is 2.15. The molecule has 0 amide bonds. The highest BCUT2D eigenvalue weighted by Gasteiger charge is 2.10. The van der Waals surface area contributed by atoms with Gasteiger partial charge in [-0.15, -0.1) is 11.3 Å². The van der Waals surface area contributed by atoms with Crippen LogP contribution in [-0.2, 0) is 0 Å². The number of hydrogen-bond donors (Lipinski definition) is 0. The average molecular weight is 239 g/mol. The lowest BCUT2D eigenvalue weighted by Gasteiger charge is -2.14. The molecule has 1 rings (SSSR count). The van der Waals surface area contributed by atoms with E-state index in [-0.39, 0.29) is 5.78 Å². The number of ketones is 1. The first-order valence-electron chi connectivity index (χ1n) is 5.91. The van der Waals surface area contributed by atoms with Crippen LogP contribution in [0.2, 0.25) is 0 Å². The molecular weight excluding hydrogens is 218 g/mol. The van der Waals surface area contributed by atoms with Crippen molar-refractivity contribution in [1.82, 2.24) is 4.90 Å². The summed E-state index contributed by atoms with van der Waals surface area (Å²) in [6.45, 7) is 5.79. The van der Waals surface area contributed by atoms with Crippen LogP contribution in [-0.4, -0.2) is 30.8 Å². The molecule has 0 aromatic carbocycles. The second kappa shape index (κ2) is 6.81. The fourth-order valence-electron chi connectivity index (χ4n) is 1.62. The molecule has 0 N–H and O–H groups in total. The Morgan fingerprint density at radius 3 is 2.69 bits per heavy atom. The minimum Gasteiger partial charge on any atom is -0.299 e. The Morgan fingerprint density at radius 2 is 2.12 bits per heavy atom. The molecule has 0 aliphatic rings. The van der Waals surface area contributed by atoms with E-state index in [0.29, 0.717) is 6.54 Å². The summed E-state index contributed by atoms with van der Waals surface area (Å²) >= 11 is 1.59. The Hall–Kier alpha value is -0.670. The number of carbonyl (C=O) groups is 1. The summed E-state index contributed by atoms with van der Waals surface area (Å²) in [5.41, 5.74) is 0. The monoisotopic (exact) mass is 239 g/mol. The lowest BCUT2D eigenvalue weighted by molar-refractivity contribution is 0.0949. The number of aryl methyl sites for hydroxylation is 1. The van der Waals surface area contributed by atoms with Gasteiger partial charge < -0.3 is 0 Å². The highest BCUT2D eigenvalue weighted by atomic mass is 32.1. The number of unbranched alkanes of at least 4 members (excludes halogenated alkanes) is 2. The van der Waals surface area contributed by atoms with Gasteiger partial charge in [-0.3, -0.25) is 9.69 Å². The summed E-state index contributed by atoms with van der Waals surface area (Å²) in [4.78, 5) is 16.1. The molecule has 90 valence electrons. The van der Waals surface area contributed by atoms with Gasteiger partial charge in [0.1, 0.15) is 0 Å². The maximum atomic E-state index is 11.9. The van der Waals surface area contributed by atoms with Crippen LogP contribution >= 0.6 is 11.3 Å². The van der Waals surface area contributed by atoms with Crippen molar-refractivity contribution in [2.75, 3.05) is 20.1 Å². The summed E-state index contributed by atoms with van der Waals surface area (Å²) in [6, 6.07) is 3.94. The van der Waals surface area contributed by atoms with Crippen molar-refractivity contribution in [3.05, 3.63) is 21.9 Å². The van der Waals surface area contributed by atoms with Crippen LogP contribution in [0.1, 0.15) is 40.7 Å². The zero-order valence-corrected chi connectivity index (χ0v) is 11.3. The van der Waals surface area contributed by atoms with Crippen molar-refractivity contribution >= 4 is 17.1 Å². The summed E-state index contributed by atoms with van der Waals surface area (Å²) in [5.74, 6) is 0.247. The Labute approximate surface area is 102 Å². The molecule has 1 heterocycles. The van der Waals surface area contributed by atoms with Gasteiger partial charge in [-0.2, -0.15) is 0 Å². The van der Waals surface area contributed by atoms with Crippen LogP contribution < -0.4 is 0 Å². The zero-order valence-electron chi connectivity index (χ0n) is 10.5. The molecule has 16 heavy (non-hydrogen) atoms. The van der Waals surface area contributed by atoms with E-state index in [1.807, 2.05) is 26.1 Å². The van der Waals surface area contributed by atoms with E-state index in [9.17, 15) is 4.79 Å². The summed E-state index contributed by atoms with van der Waals surface area (Å²) in [7, 11) is 2.02. The Balaban J connectivity index is 2.33. The van der Waals surface area contributed by atoms with Crippen molar-refractivity contribution in [3.63, 3.8) is 0 Å². The van der Waals surface area contributed by atoms with Crippen LogP contribution in [0.5, 0.6) is 0 Å². The summed E-state index contributed by atoms with van der Waals surface area (Å²) < 4.78 is 0. The van der Waals surface area contributed by atoms with Gasteiger partial charge in [0.2, 0.25) is 0 Å². The number of carbonyl (C=O) groups excluding carboxylic acids is 1. The van der Waals surface area contributed by atoms with E-state index >= 15 is 0 Å². The molecule has 0 unspecified atom stereocenters. The molecule has 0 bridgehead atoms. The predicted molar refractivity (Wildman–Crippen MR) is 70.4 cm³/mol. The average Bonchev–Trinajstić information content (AvgIpc) is 2.65. The fraction of sp³-hybridized carbons (Fsp3) is 0.615. The molecule has 3 heteroatoms. The molecule has 0 spiro atoms. The Morgan fingerprint density at radius 1 is 1.38 bits per heavy atom. The number of rotatable bonds is 7. The van der Waals surface area contributed by atoms with Crippen molar-refractivity contribution in [2.45, 2.75) is 33.1 Å². The summed E-state index contributed by atoms with van der Waals surface area (Å²) in [5, 5.41) is 0. The molecule has 0 radical (unpaired) electrons. The van der Waals surface area contributed by atoms with Crippen molar-refractivity contribution < 1.29 is 4.79 Å². The maximum Gasteiger partial charge on any atom is 0.186 e. The van der Waals surface area contributed by atoms with Crippen molar-refractivity contribution in [1.29, 1.82) is 0 Å². The lowest BCUT2D eigenvalue weighted by atomic mass is 10.2. The summed E-state index contributed by atoms with van der Waals surface area (Å²) in [6.07, 6.45) is 3.66. The number of Topliss-reactive ketones (excluding diaryl/α,β-unsaturated/α-hetero) is 1. The van der Waals surface area contributed by atoms with Gasteiger partial charge in [-0.05, 0) is 39.1 Å². The third-order valence-corrected chi connectivity index (χ3v) is 3.61. The SMILES string of the molecule is CCCCCN(C)CC(=O)c1ccc(C)s1. The van der Waals surface area contributed by atoms with Gasteiger partial charge in [0.25, 0.3) is 0 Å². The van der Waals surface area contributed by atoms with Gasteiger partial charge in [-0.25, -0.2) is 0 Å². The van der Waals surface area contributed by atoms with E-state index in [1.165, 1.54) is 24.1 Å². The van der Waals surface area contributed by atoms with Crippen molar-refractivity contribution in [3.8, 4) is 0 Å². The molecular formula is C13H21NOS. The molecule has 0 fully saturated rings. The minimum absolute atomic E-state index is 0.247. The van der Waals surface area contributed by atoms with E-state index in [0.717, 1.165) is 11.4 Å². The van der Waals surface area contributed by atoms with Crippen LogP contribution in [0.15, 0.2) is 12.1 Å². The quantitative estimate of drug-likeness (QED) is 0.537. The van der Waals surface area contributed by atoms with E-state index in [1.54, 1.807) is 11.3 Å². The second-order valence-electron chi connectivity index (χ2n) is 4.28. The number of likely N-dealkylation sites (N-methyl/N-ethyl adjacent to an activating group) is 1. The normalized spacial score (nSPS) is 11.0. The molecule has 0 aliphatic heterocycles. The number of thiophene rings is 1. The van der Waals surface area contributed by atoms with Gasteiger partial charge in [0.15, 0.2) is 5.78 Å². The van der Waals surface area contributed by atoms with Crippen LogP contribution in [0.25, 0.3) is 0 Å². The third kappa shape index (κ3) is 4.45. The number of hydrogen-bond acceptors (Lipinski definition) is 3. The zero-order chi connectivity index (χ0) is 12.0. The number of nitrogens with zero attached hydrogens (tertiary/aromatic N) is 1. The molecule has 0 aliphatic carbocycles. The largest absolute Gasteiger partial charge is 0.299 e. The van der Waals surface area contributed by atoms with Gasteiger partial charge in [-0.1, -0.05) is 19.8 Å². The molecule has 1 aromatic rings. The van der Waals surface area contributed by atoms with Gasteiger partial charge >= 0.3 is 0 Å². The van der Waals surface area contributed by atoms with Crippen molar-refractivity contribution in [2.24, 2.45) is 0 Å².